The normalized spacial score (nSPS) is 12.5. The third kappa shape index (κ3) is 5.36. The van der Waals surface area contributed by atoms with Gasteiger partial charge in [0.15, 0.2) is 17.5 Å². The molecule has 0 bridgehead atoms. The van der Waals surface area contributed by atoms with Gasteiger partial charge in [0.25, 0.3) is 0 Å². The summed E-state index contributed by atoms with van der Waals surface area (Å²) in [4.78, 5) is 15.3. The number of benzene rings is 8. The fourth-order valence-electron chi connectivity index (χ4n) is 7.23. The Morgan fingerprint density at radius 1 is 0.358 bits per heavy atom. The highest BCUT2D eigenvalue weighted by Crippen LogP contribution is 2.44. The molecule has 0 atom stereocenters. The molecule has 2 aromatic heterocycles. The SMILES string of the molecule is [2H]c1cc2c(oc3c(-c4ccccc4)cc([2H])c(-c4ccc(-c5nc(-c6ccccc6)nc(-c6ccccc6-c6ccccc6)n5)c5ccccc45)c32)c([2H])c1[2H]. The van der Waals surface area contributed by atoms with E-state index >= 15 is 0 Å². The van der Waals surface area contributed by atoms with Crippen molar-refractivity contribution in [3.63, 3.8) is 0 Å². The molecule has 8 aromatic carbocycles. The molecule has 0 amide bonds. The molecule has 0 aliphatic carbocycles. The van der Waals surface area contributed by atoms with Crippen molar-refractivity contribution in [2.45, 2.75) is 0 Å². The van der Waals surface area contributed by atoms with Crippen molar-refractivity contribution in [3.05, 3.63) is 188 Å². The molecule has 0 saturated carbocycles. The molecule has 248 valence electrons. The minimum atomic E-state index is -0.205. The Morgan fingerprint density at radius 2 is 0.906 bits per heavy atom. The molecule has 0 unspecified atom stereocenters. The van der Waals surface area contributed by atoms with Crippen LogP contribution in [0.25, 0.3) is 100 Å². The highest BCUT2D eigenvalue weighted by atomic mass is 16.3. The summed E-state index contributed by atoms with van der Waals surface area (Å²) in [5.41, 5.74) is 8.30. The lowest BCUT2D eigenvalue weighted by Gasteiger charge is -2.15. The second-order valence-electron chi connectivity index (χ2n) is 12.8. The van der Waals surface area contributed by atoms with Crippen molar-refractivity contribution >= 4 is 32.7 Å². The fraction of sp³-hybridized carbons (Fsp3) is 0. The Morgan fingerprint density at radius 3 is 1.62 bits per heavy atom. The van der Waals surface area contributed by atoms with Gasteiger partial charge in [-0.1, -0.05) is 170 Å². The van der Waals surface area contributed by atoms with Crippen LogP contribution in [0, 0.1) is 0 Å². The van der Waals surface area contributed by atoms with Gasteiger partial charge in [-0.2, -0.15) is 0 Å². The summed E-state index contributed by atoms with van der Waals surface area (Å²) in [5, 5.41) is 2.90. The van der Waals surface area contributed by atoms with Gasteiger partial charge in [0.1, 0.15) is 11.2 Å². The average Bonchev–Trinajstić information content (AvgIpc) is 3.64. The van der Waals surface area contributed by atoms with Crippen molar-refractivity contribution in [2.24, 2.45) is 0 Å². The zero-order chi connectivity index (χ0) is 38.6. The molecule has 2 heterocycles. The van der Waals surface area contributed by atoms with E-state index in [1.165, 1.54) is 0 Å². The van der Waals surface area contributed by atoms with Gasteiger partial charge in [-0.15, -0.1) is 0 Å². The van der Waals surface area contributed by atoms with E-state index in [1.54, 1.807) is 12.1 Å². The van der Waals surface area contributed by atoms with Crippen LogP contribution < -0.4 is 0 Å². The summed E-state index contributed by atoms with van der Waals surface area (Å²) >= 11 is 0. The van der Waals surface area contributed by atoms with Crippen molar-refractivity contribution < 1.29 is 9.90 Å². The summed E-state index contributed by atoms with van der Waals surface area (Å²) < 4.78 is 41.8. The van der Waals surface area contributed by atoms with Gasteiger partial charge in [-0.05, 0) is 56.8 Å². The first-order valence-electron chi connectivity index (χ1n) is 19.5. The maximum Gasteiger partial charge on any atom is 0.164 e. The smallest absolute Gasteiger partial charge is 0.164 e. The van der Waals surface area contributed by atoms with Gasteiger partial charge in [-0.25, -0.2) is 15.0 Å². The summed E-state index contributed by atoms with van der Waals surface area (Å²) in [6.45, 7) is 0. The van der Waals surface area contributed by atoms with Gasteiger partial charge >= 0.3 is 0 Å². The van der Waals surface area contributed by atoms with Gasteiger partial charge < -0.3 is 4.42 Å². The third-order valence-electron chi connectivity index (χ3n) is 9.70. The number of para-hydroxylation sites is 1. The summed E-state index contributed by atoms with van der Waals surface area (Å²) in [6, 6.07) is 53.2. The number of nitrogens with zero attached hydrogens (tertiary/aromatic N) is 3. The van der Waals surface area contributed by atoms with Crippen molar-refractivity contribution in [2.75, 3.05) is 0 Å². The Bertz CT molecular complexity index is 3170. The van der Waals surface area contributed by atoms with Gasteiger partial charge in [0.2, 0.25) is 0 Å². The van der Waals surface area contributed by atoms with Gasteiger partial charge in [0.05, 0.1) is 5.48 Å². The number of hydrogen-bond donors (Lipinski definition) is 0. The Labute approximate surface area is 312 Å². The molecular formula is C49H31N3O. The quantitative estimate of drug-likeness (QED) is 0.175. The highest BCUT2D eigenvalue weighted by molar-refractivity contribution is 6.19. The van der Waals surface area contributed by atoms with Crippen LogP contribution in [0.2, 0.25) is 0 Å². The first kappa shape index (κ1) is 26.6. The van der Waals surface area contributed by atoms with E-state index in [1.807, 2.05) is 133 Å². The summed E-state index contributed by atoms with van der Waals surface area (Å²) in [7, 11) is 0. The van der Waals surface area contributed by atoms with E-state index in [4.69, 9.17) is 23.5 Å². The molecule has 4 heteroatoms. The maximum atomic E-state index is 9.57. The van der Waals surface area contributed by atoms with Crippen LogP contribution in [0.15, 0.2) is 192 Å². The van der Waals surface area contributed by atoms with Crippen LogP contribution in [-0.4, -0.2) is 15.0 Å². The molecule has 4 nitrogen and oxygen atoms in total. The average molecular weight is 682 g/mol. The topological polar surface area (TPSA) is 51.8 Å². The molecular weight excluding hydrogens is 647 g/mol. The van der Waals surface area contributed by atoms with Crippen LogP contribution in [0.5, 0.6) is 0 Å². The van der Waals surface area contributed by atoms with E-state index in [2.05, 4.69) is 18.2 Å². The lowest BCUT2D eigenvalue weighted by Crippen LogP contribution is -2.01. The minimum absolute atomic E-state index is 0.0771. The third-order valence-corrected chi connectivity index (χ3v) is 9.70. The molecule has 0 fully saturated rings. The molecule has 53 heavy (non-hydrogen) atoms. The fourth-order valence-corrected chi connectivity index (χ4v) is 7.23. The van der Waals surface area contributed by atoms with E-state index in [0.29, 0.717) is 45.0 Å². The highest BCUT2D eigenvalue weighted by Gasteiger charge is 2.21. The Balaban J connectivity index is 1.24. The van der Waals surface area contributed by atoms with Crippen molar-refractivity contribution in [3.8, 4) is 67.5 Å². The molecule has 10 rings (SSSR count). The molecule has 0 spiro atoms. The number of furan rings is 1. The molecule has 0 aliphatic heterocycles. The van der Waals surface area contributed by atoms with Crippen LogP contribution >= 0.6 is 0 Å². The zero-order valence-electron chi connectivity index (χ0n) is 32.3. The second-order valence-corrected chi connectivity index (χ2v) is 12.8. The Kier molecular flexibility index (Phi) is 6.46. The first-order chi connectivity index (χ1) is 27.9. The zero-order valence-corrected chi connectivity index (χ0v) is 28.3. The monoisotopic (exact) mass is 681 g/mol. The van der Waals surface area contributed by atoms with Crippen LogP contribution in [0.3, 0.4) is 0 Å². The number of fused-ring (bicyclic) bond motifs is 4. The predicted octanol–water partition coefficient (Wildman–Crippen LogP) is 12.9. The maximum absolute atomic E-state index is 9.57. The molecule has 0 radical (unpaired) electrons. The first-order valence-corrected chi connectivity index (χ1v) is 17.5. The van der Waals surface area contributed by atoms with Crippen LogP contribution in [0.4, 0.5) is 0 Å². The summed E-state index contributed by atoms with van der Waals surface area (Å²) in [6.07, 6.45) is 0. The predicted molar refractivity (Wildman–Crippen MR) is 217 cm³/mol. The molecule has 0 saturated heterocycles. The van der Waals surface area contributed by atoms with Crippen molar-refractivity contribution in [1.82, 2.24) is 15.0 Å². The van der Waals surface area contributed by atoms with Crippen LogP contribution in [0.1, 0.15) is 5.48 Å². The van der Waals surface area contributed by atoms with E-state index in [9.17, 15) is 1.37 Å². The lowest BCUT2D eigenvalue weighted by atomic mass is 9.90. The van der Waals surface area contributed by atoms with E-state index in [-0.39, 0.29) is 29.8 Å². The van der Waals surface area contributed by atoms with Crippen LogP contribution in [-0.2, 0) is 0 Å². The molecule has 0 aliphatic rings. The van der Waals surface area contributed by atoms with E-state index < -0.39 is 0 Å². The molecule has 0 N–H and O–H groups in total. The number of rotatable bonds is 6. The minimum Gasteiger partial charge on any atom is -0.455 e. The van der Waals surface area contributed by atoms with Crippen molar-refractivity contribution in [1.29, 1.82) is 0 Å². The second kappa shape index (κ2) is 12.9. The number of hydrogen-bond acceptors (Lipinski definition) is 4. The summed E-state index contributed by atoms with van der Waals surface area (Å²) in [5.74, 6) is 1.61. The molecule has 10 aromatic rings. The Hall–Kier alpha value is -7.17. The van der Waals surface area contributed by atoms with Gasteiger partial charge in [0, 0.05) is 33.0 Å². The largest absolute Gasteiger partial charge is 0.455 e. The lowest BCUT2D eigenvalue weighted by molar-refractivity contribution is 0.670. The standard InChI is InChI=1S/C49H31N3O/c1-4-16-32(17-5-1)35-22-10-13-25-41(35)48-50-47(34-20-8-3-9-21-34)51-49(52-48)42-31-29-39(37-23-11-12-24-38(37)42)40-30-28-36(33-18-6-2-7-19-33)46-45(40)43-26-14-15-27-44(43)53-46/h1-31H/i14D,15D,27D,30D. The number of aromatic nitrogens is 3. The van der Waals surface area contributed by atoms with Gasteiger partial charge in [-0.3, -0.25) is 0 Å². The van der Waals surface area contributed by atoms with E-state index in [0.717, 1.165) is 49.7 Å².